The number of aryl methyl sites for hydroxylation is 1. The van der Waals surface area contributed by atoms with Gasteiger partial charge in [-0.25, -0.2) is 4.79 Å². The molecule has 1 N–H and O–H groups in total. The second-order valence-electron chi connectivity index (χ2n) is 10.6. The van der Waals surface area contributed by atoms with Gasteiger partial charge < -0.3 is 19.4 Å². The van der Waals surface area contributed by atoms with E-state index in [1.807, 2.05) is 43.3 Å². The van der Waals surface area contributed by atoms with E-state index in [1.165, 1.54) is 12.7 Å². The fourth-order valence-electron chi connectivity index (χ4n) is 4.93. The zero-order valence-corrected chi connectivity index (χ0v) is 24.9. The Kier molecular flexibility index (Phi) is 8.89. The number of rotatable bonds is 9. The Hall–Kier alpha value is -3.77. The first-order valence-corrected chi connectivity index (χ1v) is 13.9. The van der Waals surface area contributed by atoms with Gasteiger partial charge >= 0.3 is 5.97 Å². The third-order valence-electron chi connectivity index (χ3n) is 7.44. The number of ether oxygens (including phenoxy) is 2. The largest absolute Gasteiger partial charge is 0.479 e. The molecule has 6 nitrogen and oxygen atoms in total. The summed E-state index contributed by atoms with van der Waals surface area (Å²) in [4.78, 5) is 25.0. The van der Waals surface area contributed by atoms with Gasteiger partial charge in [0.25, 0.3) is 5.91 Å². The Balaban J connectivity index is 1.57. The molecule has 40 heavy (non-hydrogen) atoms. The van der Waals surface area contributed by atoms with Gasteiger partial charge in [0, 0.05) is 33.7 Å². The minimum absolute atomic E-state index is 0.106. The third-order valence-corrected chi connectivity index (χ3v) is 7.66. The number of hydrogen-bond acceptors (Lipinski definition) is 4. The van der Waals surface area contributed by atoms with Crippen LogP contribution < -0.4 is 10.1 Å². The average Bonchev–Trinajstić information content (AvgIpc) is 3.16. The molecule has 4 aromatic rings. The zero-order chi connectivity index (χ0) is 29.1. The molecule has 0 aliphatic carbocycles. The molecule has 1 amide bonds. The van der Waals surface area contributed by atoms with Crippen molar-refractivity contribution in [3.63, 3.8) is 0 Å². The van der Waals surface area contributed by atoms with Crippen LogP contribution in [0.5, 0.6) is 5.75 Å². The van der Waals surface area contributed by atoms with Crippen LogP contribution in [0, 0.1) is 13.8 Å². The Labute approximate surface area is 241 Å². The number of esters is 1. The van der Waals surface area contributed by atoms with Gasteiger partial charge in [-0.05, 0) is 92.3 Å². The lowest BCUT2D eigenvalue weighted by Gasteiger charge is -2.17. The van der Waals surface area contributed by atoms with Crippen LogP contribution in [0.3, 0.4) is 0 Å². The van der Waals surface area contributed by atoms with Crippen molar-refractivity contribution >= 4 is 34.4 Å². The number of fused-ring (bicyclic) bond motifs is 1. The number of nitrogens with zero attached hydrogens (tertiary/aromatic N) is 1. The van der Waals surface area contributed by atoms with Crippen LogP contribution in [0.4, 0.5) is 0 Å². The van der Waals surface area contributed by atoms with Gasteiger partial charge in [0.1, 0.15) is 5.75 Å². The van der Waals surface area contributed by atoms with Crippen LogP contribution in [0.1, 0.15) is 78.0 Å². The summed E-state index contributed by atoms with van der Waals surface area (Å²) in [5, 5.41) is 4.70. The minimum Gasteiger partial charge on any atom is -0.479 e. The van der Waals surface area contributed by atoms with Gasteiger partial charge in [0.15, 0.2) is 6.10 Å². The molecule has 0 unspecified atom stereocenters. The summed E-state index contributed by atoms with van der Waals surface area (Å²) in [6.45, 7) is 12.7. The fraction of sp³-hybridized carbons (Fsp3) is 0.333. The summed E-state index contributed by atoms with van der Waals surface area (Å²) >= 11 is 6.39. The number of benzene rings is 3. The molecule has 0 aliphatic rings. The zero-order valence-electron chi connectivity index (χ0n) is 24.2. The fourth-order valence-corrected chi connectivity index (χ4v) is 5.17. The average molecular weight is 561 g/mol. The maximum atomic E-state index is 13.2. The smallest absolute Gasteiger partial charge is 0.346 e. The predicted molar refractivity (Wildman–Crippen MR) is 160 cm³/mol. The predicted octanol–water partition coefficient (Wildman–Crippen LogP) is 7.51. The van der Waals surface area contributed by atoms with E-state index in [0.29, 0.717) is 28.8 Å². The second-order valence-corrected chi connectivity index (χ2v) is 11.1. The molecule has 0 saturated heterocycles. The Bertz CT molecular complexity index is 1560. The lowest BCUT2D eigenvalue weighted by Crippen LogP contribution is -2.26. The van der Waals surface area contributed by atoms with Crippen molar-refractivity contribution in [1.29, 1.82) is 0 Å². The van der Waals surface area contributed by atoms with Crippen LogP contribution >= 0.6 is 11.6 Å². The van der Waals surface area contributed by atoms with E-state index in [-0.39, 0.29) is 11.9 Å². The SMILES string of the molecule is COC(=O)[C@H](C)Oc1cc(Cl)cc(Cn2c(C)c(C)c3cc(C(=O)N[C@@H](C)c4cccc(C(C)C)c4)ccc32)c1. The Morgan fingerprint density at radius 3 is 2.38 bits per heavy atom. The van der Waals surface area contributed by atoms with Gasteiger partial charge in [-0.2, -0.15) is 0 Å². The number of carbonyl (C=O) groups is 2. The monoisotopic (exact) mass is 560 g/mol. The van der Waals surface area contributed by atoms with Crippen LogP contribution in [-0.4, -0.2) is 29.7 Å². The van der Waals surface area contributed by atoms with Gasteiger partial charge in [-0.1, -0.05) is 49.7 Å². The maximum absolute atomic E-state index is 13.2. The molecule has 0 bridgehead atoms. The molecule has 0 saturated carbocycles. The quantitative estimate of drug-likeness (QED) is 0.215. The number of hydrogen-bond donors (Lipinski definition) is 1. The topological polar surface area (TPSA) is 69.6 Å². The molecular weight excluding hydrogens is 524 g/mol. The van der Waals surface area contributed by atoms with E-state index < -0.39 is 12.1 Å². The van der Waals surface area contributed by atoms with Crippen molar-refractivity contribution in [2.45, 2.75) is 66.2 Å². The summed E-state index contributed by atoms with van der Waals surface area (Å²) in [7, 11) is 1.33. The summed E-state index contributed by atoms with van der Waals surface area (Å²) in [6, 6.07) is 19.5. The maximum Gasteiger partial charge on any atom is 0.346 e. The van der Waals surface area contributed by atoms with Crippen molar-refractivity contribution in [2.24, 2.45) is 0 Å². The summed E-state index contributed by atoms with van der Waals surface area (Å²) in [6.07, 6.45) is -0.751. The number of methoxy groups -OCH3 is 1. The number of halogens is 1. The van der Waals surface area contributed by atoms with Gasteiger partial charge in [-0.3, -0.25) is 4.79 Å². The lowest BCUT2D eigenvalue weighted by molar-refractivity contribution is -0.147. The van der Waals surface area contributed by atoms with E-state index >= 15 is 0 Å². The van der Waals surface area contributed by atoms with Crippen LogP contribution in [0.15, 0.2) is 60.7 Å². The number of aromatic nitrogens is 1. The first-order chi connectivity index (χ1) is 19.0. The molecular formula is C33H37ClN2O4. The highest BCUT2D eigenvalue weighted by Crippen LogP contribution is 2.30. The van der Waals surface area contributed by atoms with Gasteiger partial charge in [0.2, 0.25) is 0 Å². The van der Waals surface area contributed by atoms with E-state index in [1.54, 1.807) is 13.0 Å². The Morgan fingerprint density at radius 2 is 1.68 bits per heavy atom. The van der Waals surface area contributed by atoms with Crippen LogP contribution in [0.25, 0.3) is 10.9 Å². The molecule has 0 spiro atoms. The standard InChI is InChI=1S/C33H37ClN2O4/c1-19(2)25-9-8-10-26(15-25)21(4)35-32(37)27-11-12-31-30(16-27)20(3)22(5)36(31)18-24-13-28(34)17-29(14-24)40-23(6)33(38)39-7/h8-17,19,21,23H,18H2,1-7H3,(H,35,37)/t21-,23-/m0/s1. The molecule has 1 aromatic heterocycles. The molecule has 1 heterocycles. The van der Waals surface area contributed by atoms with Gasteiger partial charge in [0.05, 0.1) is 13.2 Å². The highest BCUT2D eigenvalue weighted by molar-refractivity contribution is 6.30. The molecule has 7 heteroatoms. The summed E-state index contributed by atoms with van der Waals surface area (Å²) in [5.41, 5.74) is 7.12. The number of amides is 1. The third kappa shape index (κ3) is 6.34. The first kappa shape index (κ1) is 29.2. The van der Waals surface area contributed by atoms with Crippen molar-refractivity contribution in [1.82, 2.24) is 9.88 Å². The minimum atomic E-state index is -0.751. The van der Waals surface area contributed by atoms with E-state index in [0.717, 1.165) is 33.3 Å². The molecule has 210 valence electrons. The first-order valence-electron chi connectivity index (χ1n) is 13.5. The number of nitrogens with one attached hydrogen (secondary N) is 1. The van der Waals surface area contributed by atoms with Crippen LogP contribution in [-0.2, 0) is 16.1 Å². The van der Waals surface area contributed by atoms with E-state index in [4.69, 9.17) is 21.1 Å². The van der Waals surface area contributed by atoms with E-state index in [2.05, 4.69) is 55.8 Å². The highest BCUT2D eigenvalue weighted by atomic mass is 35.5. The second kappa shape index (κ2) is 12.2. The van der Waals surface area contributed by atoms with Crippen LogP contribution in [0.2, 0.25) is 5.02 Å². The molecule has 3 aromatic carbocycles. The molecule has 0 aliphatic heterocycles. The Morgan fingerprint density at radius 1 is 0.950 bits per heavy atom. The van der Waals surface area contributed by atoms with Gasteiger partial charge in [-0.15, -0.1) is 0 Å². The van der Waals surface area contributed by atoms with Crippen molar-refractivity contribution in [3.8, 4) is 5.75 Å². The van der Waals surface area contributed by atoms with E-state index in [9.17, 15) is 9.59 Å². The van der Waals surface area contributed by atoms with Crippen molar-refractivity contribution < 1.29 is 19.1 Å². The van der Waals surface area contributed by atoms with Crippen molar-refractivity contribution in [3.05, 3.63) is 99.2 Å². The number of carbonyl (C=O) groups excluding carboxylic acids is 2. The normalized spacial score (nSPS) is 12.8. The molecule has 0 fully saturated rings. The lowest BCUT2D eigenvalue weighted by atomic mass is 9.98. The molecule has 4 rings (SSSR count). The summed E-state index contributed by atoms with van der Waals surface area (Å²) in [5.74, 6) is 0.362. The highest BCUT2D eigenvalue weighted by Gasteiger charge is 2.18. The van der Waals surface area contributed by atoms with Crippen molar-refractivity contribution in [2.75, 3.05) is 7.11 Å². The molecule has 2 atom stereocenters. The molecule has 0 radical (unpaired) electrons. The summed E-state index contributed by atoms with van der Waals surface area (Å²) < 4.78 is 12.7.